The Balaban J connectivity index is 1.79. The van der Waals surface area contributed by atoms with Crippen molar-refractivity contribution in [1.82, 2.24) is 14.6 Å². The lowest BCUT2D eigenvalue weighted by Gasteiger charge is -1.88. The molecule has 4 nitrogen and oxygen atoms in total. The summed E-state index contributed by atoms with van der Waals surface area (Å²) in [7, 11) is 0. The predicted molar refractivity (Wildman–Crippen MR) is 82.5 cm³/mol. The SMILES string of the molecule is CCSc1nn2cc(-c3cc4ccccc4o3)nc2s1. The molecule has 3 heterocycles. The van der Waals surface area contributed by atoms with E-state index in [-0.39, 0.29) is 0 Å². The first-order chi connectivity index (χ1) is 9.83. The van der Waals surface area contributed by atoms with Crippen molar-refractivity contribution in [3.63, 3.8) is 0 Å². The van der Waals surface area contributed by atoms with Gasteiger partial charge in [-0.2, -0.15) is 0 Å². The van der Waals surface area contributed by atoms with E-state index in [1.165, 1.54) is 0 Å². The first-order valence-electron chi connectivity index (χ1n) is 6.31. The Morgan fingerprint density at radius 1 is 1.35 bits per heavy atom. The van der Waals surface area contributed by atoms with Crippen LogP contribution < -0.4 is 0 Å². The summed E-state index contributed by atoms with van der Waals surface area (Å²) in [5.74, 6) is 1.81. The largest absolute Gasteiger partial charge is 0.454 e. The quantitative estimate of drug-likeness (QED) is 0.529. The van der Waals surface area contributed by atoms with Crippen LogP contribution in [-0.2, 0) is 0 Å². The second kappa shape index (κ2) is 4.64. The van der Waals surface area contributed by atoms with Gasteiger partial charge >= 0.3 is 0 Å². The van der Waals surface area contributed by atoms with Crippen LogP contribution >= 0.6 is 23.1 Å². The van der Waals surface area contributed by atoms with Crippen molar-refractivity contribution in [2.75, 3.05) is 5.75 Å². The molecule has 0 aliphatic heterocycles. The highest BCUT2D eigenvalue weighted by molar-refractivity contribution is 8.01. The number of fused-ring (bicyclic) bond motifs is 2. The van der Waals surface area contributed by atoms with E-state index >= 15 is 0 Å². The number of thioether (sulfide) groups is 1. The molecule has 0 fully saturated rings. The molecule has 6 heteroatoms. The molecule has 20 heavy (non-hydrogen) atoms. The van der Waals surface area contributed by atoms with Gasteiger partial charge in [0.05, 0.1) is 6.20 Å². The summed E-state index contributed by atoms with van der Waals surface area (Å²) in [6.07, 6.45) is 1.92. The van der Waals surface area contributed by atoms with Gasteiger partial charge in [-0.25, -0.2) is 9.50 Å². The highest BCUT2D eigenvalue weighted by atomic mass is 32.2. The van der Waals surface area contributed by atoms with Gasteiger partial charge in [0.15, 0.2) is 10.1 Å². The maximum absolute atomic E-state index is 5.83. The standard InChI is InChI=1S/C14H11N3OS2/c1-2-19-14-16-17-8-10(15-13(17)20-14)12-7-9-5-3-4-6-11(9)18-12/h3-8H,2H2,1H3. The van der Waals surface area contributed by atoms with Crippen molar-refractivity contribution in [2.24, 2.45) is 0 Å². The lowest BCUT2D eigenvalue weighted by molar-refractivity contribution is 0.629. The normalized spacial score (nSPS) is 11.7. The lowest BCUT2D eigenvalue weighted by Crippen LogP contribution is -1.80. The van der Waals surface area contributed by atoms with Crippen molar-refractivity contribution in [2.45, 2.75) is 11.3 Å². The van der Waals surface area contributed by atoms with Crippen LogP contribution in [0.3, 0.4) is 0 Å². The van der Waals surface area contributed by atoms with Crippen LogP contribution in [-0.4, -0.2) is 20.4 Å². The van der Waals surface area contributed by atoms with Crippen LogP contribution in [0.5, 0.6) is 0 Å². The number of benzene rings is 1. The fourth-order valence-electron chi connectivity index (χ4n) is 2.09. The molecule has 0 radical (unpaired) electrons. The van der Waals surface area contributed by atoms with E-state index in [9.17, 15) is 0 Å². The number of imidazole rings is 1. The van der Waals surface area contributed by atoms with Crippen LogP contribution in [0.1, 0.15) is 6.92 Å². The summed E-state index contributed by atoms with van der Waals surface area (Å²) >= 11 is 3.34. The fraction of sp³-hybridized carbons (Fsp3) is 0.143. The Bertz CT molecular complexity index is 826. The van der Waals surface area contributed by atoms with E-state index in [2.05, 4.69) is 17.0 Å². The minimum atomic E-state index is 0.786. The molecule has 0 saturated carbocycles. The van der Waals surface area contributed by atoms with Gasteiger partial charge in [0, 0.05) is 5.39 Å². The van der Waals surface area contributed by atoms with Crippen molar-refractivity contribution >= 4 is 39.0 Å². The summed E-state index contributed by atoms with van der Waals surface area (Å²) < 4.78 is 8.70. The molecule has 0 N–H and O–H groups in total. The average molecular weight is 301 g/mol. The number of hydrogen-bond acceptors (Lipinski definition) is 5. The van der Waals surface area contributed by atoms with Gasteiger partial charge in [-0.1, -0.05) is 48.2 Å². The smallest absolute Gasteiger partial charge is 0.213 e. The number of aromatic nitrogens is 3. The molecule has 100 valence electrons. The summed E-state index contributed by atoms with van der Waals surface area (Å²) in [6, 6.07) is 9.99. The van der Waals surface area contributed by atoms with Gasteiger partial charge in [0.2, 0.25) is 4.96 Å². The Hall–Kier alpha value is -1.79. The van der Waals surface area contributed by atoms with E-state index in [0.29, 0.717) is 0 Å². The first kappa shape index (κ1) is 12.0. The third-order valence-electron chi connectivity index (χ3n) is 2.97. The molecule has 4 rings (SSSR count). The van der Waals surface area contributed by atoms with Crippen LogP contribution in [0.25, 0.3) is 27.4 Å². The van der Waals surface area contributed by atoms with E-state index in [1.54, 1.807) is 23.1 Å². The monoisotopic (exact) mass is 301 g/mol. The van der Waals surface area contributed by atoms with Gasteiger partial charge in [0.1, 0.15) is 11.3 Å². The predicted octanol–water partition coefficient (Wildman–Crippen LogP) is 4.32. The van der Waals surface area contributed by atoms with Gasteiger partial charge in [-0.3, -0.25) is 0 Å². The molecule has 4 aromatic rings. The molecule has 0 amide bonds. The van der Waals surface area contributed by atoms with Gasteiger partial charge in [-0.05, 0) is 17.9 Å². The molecule has 0 unspecified atom stereocenters. The molecule has 0 saturated heterocycles. The maximum Gasteiger partial charge on any atom is 0.213 e. The zero-order chi connectivity index (χ0) is 13.5. The topological polar surface area (TPSA) is 43.3 Å². The Morgan fingerprint density at radius 2 is 2.25 bits per heavy atom. The second-order valence-electron chi connectivity index (χ2n) is 4.30. The maximum atomic E-state index is 5.83. The molecular formula is C14H11N3OS2. The van der Waals surface area contributed by atoms with Crippen molar-refractivity contribution in [3.05, 3.63) is 36.5 Å². The van der Waals surface area contributed by atoms with E-state index in [0.717, 1.165) is 37.5 Å². The second-order valence-corrected chi connectivity index (χ2v) is 6.77. The molecule has 0 bridgehead atoms. The van der Waals surface area contributed by atoms with Gasteiger partial charge in [0.25, 0.3) is 0 Å². The molecule has 0 spiro atoms. The lowest BCUT2D eigenvalue weighted by atomic mass is 10.2. The van der Waals surface area contributed by atoms with Crippen molar-refractivity contribution in [3.8, 4) is 11.5 Å². The average Bonchev–Trinajstić information content (AvgIpc) is 3.09. The van der Waals surface area contributed by atoms with Crippen LogP contribution in [0.4, 0.5) is 0 Å². The van der Waals surface area contributed by atoms with Crippen molar-refractivity contribution < 1.29 is 4.42 Å². The number of hydrogen-bond donors (Lipinski definition) is 0. The summed E-state index contributed by atoms with van der Waals surface area (Å²) in [5.41, 5.74) is 1.71. The third-order valence-corrected chi connectivity index (χ3v) is 4.91. The zero-order valence-electron chi connectivity index (χ0n) is 10.7. The molecule has 0 aliphatic rings. The molecule has 3 aromatic heterocycles. The van der Waals surface area contributed by atoms with Crippen molar-refractivity contribution in [1.29, 1.82) is 0 Å². The Kier molecular flexibility index (Phi) is 2.78. The summed E-state index contributed by atoms with van der Waals surface area (Å²) in [5, 5.41) is 5.59. The summed E-state index contributed by atoms with van der Waals surface area (Å²) in [4.78, 5) is 5.49. The minimum Gasteiger partial charge on any atom is -0.454 e. The number of furan rings is 1. The number of para-hydroxylation sites is 1. The van der Waals surface area contributed by atoms with E-state index < -0.39 is 0 Å². The number of nitrogens with zero attached hydrogens (tertiary/aromatic N) is 3. The van der Waals surface area contributed by atoms with E-state index in [1.807, 2.05) is 41.0 Å². The van der Waals surface area contributed by atoms with Gasteiger partial charge < -0.3 is 4.42 Å². The molecule has 0 aliphatic carbocycles. The minimum absolute atomic E-state index is 0.786. The highest BCUT2D eigenvalue weighted by Crippen LogP contribution is 2.30. The first-order valence-corrected chi connectivity index (χ1v) is 8.11. The Labute approximate surface area is 123 Å². The van der Waals surface area contributed by atoms with E-state index in [4.69, 9.17) is 4.42 Å². The fourth-order valence-corrected chi connectivity index (χ4v) is 3.91. The van der Waals surface area contributed by atoms with Crippen LogP contribution in [0.2, 0.25) is 0 Å². The third kappa shape index (κ3) is 1.92. The molecule has 0 atom stereocenters. The highest BCUT2D eigenvalue weighted by Gasteiger charge is 2.13. The molecular weight excluding hydrogens is 290 g/mol. The number of rotatable bonds is 3. The summed E-state index contributed by atoms with van der Waals surface area (Å²) in [6.45, 7) is 2.12. The van der Waals surface area contributed by atoms with Crippen LogP contribution in [0.15, 0.2) is 45.3 Å². The van der Waals surface area contributed by atoms with Crippen LogP contribution in [0, 0.1) is 0 Å². The zero-order valence-corrected chi connectivity index (χ0v) is 12.4. The van der Waals surface area contributed by atoms with Gasteiger partial charge in [-0.15, -0.1) is 5.10 Å². The molecule has 1 aromatic carbocycles. The Morgan fingerprint density at radius 3 is 3.05 bits per heavy atom.